The molecule has 3 rings (SSSR count). The summed E-state index contributed by atoms with van der Waals surface area (Å²) in [5.74, 6) is -0.385. The Hall–Kier alpha value is -3.45. The van der Waals surface area contributed by atoms with Crippen LogP contribution in [0.4, 0.5) is 0 Å². The largest absolute Gasteiger partial charge is 0.350 e. The van der Waals surface area contributed by atoms with Crippen molar-refractivity contribution in [1.29, 1.82) is 0 Å². The van der Waals surface area contributed by atoms with Crippen LogP contribution in [-0.4, -0.2) is 34.0 Å². The summed E-state index contributed by atoms with van der Waals surface area (Å²) in [6, 6.07) is 18.7. The Labute approximate surface area is 175 Å². The molecule has 0 aliphatic carbocycles. The van der Waals surface area contributed by atoms with Gasteiger partial charge in [0.25, 0.3) is 5.56 Å². The van der Waals surface area contributed by atoms with E-state index in [1.54, 1.807) is 0 Å². The van der Waals surface area contributed by atoms with Crippen LogP contribution < -0.4 is 16.6 Å². The van der Waals surface area contributed by atoms with Crippen LogP contribution in [0.15, 0.2) is 76.4 Å². The zero-order valence-electron chi connectivity index (χ0n) is 17.2. The van der Waals surface area contributed by atoms with E-state index in [0.29, 0.717) is 13.1 Å². The average molecular weight is 406 g/mol. The van der Waals surface area contributed by atoms with E-state index < -0.39 is 11.2 Å². The maximum Gasteiger partial charge on any atom is 0.331 e. The van der Waals surface area contributed by atoms with Crippen LogP contribution in [0.2, 0.25) is 0 Å². The smallest absolute Gasteiger partial charge is 0.331 e. The lowest BCUT2D eigenvalue weighted by atomic mass is 10.1. The second-order valence-corrected chi connectivity index (χ2v) is 7.47. The molecule has 0 spiro atoms. The maximum absolute atomic E-state index is 12.7. The summed E-state index contributed by atoms with van der Waals surface area (Å²) >= 11 is 0. The number of carbonyl (C=O) groups excluding carboxylic acids is 1. The van der Waals surface area contributed by atoms with Crippen LogP contribution in [0.25, 0.3) is 0 Å². The predicted molar refractivity (Wildman–Crippen MR) is 116 cm³/mol. The van der Waals surface area contributed by atoms with Gasteiger partial charge in [-0.25, -0.2) is 4.79 Å². The first-order valence-corrected chi connectivity index (χ1v) is 9.76. The molecule has 0 saturated heterocycles. The predicted octanol–water partition coefficient (Wildman–Crippen LogP) is 1.44. The lowest BCUT2D eigenvalue weighted by Gasteiger charge is -2.11. The minimum Gasteiger partial charge on any atom is -0.350 e. The van der Waals surface area contributed by atoms with Gasteiger partial charge < -0.3 is 10.2 Å². The van der Waals surface area contributed by atoms with E-state index in [1.165, 1.54) is 22.4 Å². The van der Waals surface area contributed by atoms with Gasteiger partial charge in [0.2, 0.25) is 5.91 Å². The molecule has 0 bridgehead atoms. The van der Waals surface area contributed by atoms with Crippen molar-refractivity contribution in [2.24, 2.45) is 0 Å². The number of amides is 1. The van der Waals surface area contributed by atoms with Crippen molar-refractivity contribution in [3.8, 4) is 0 Å². The van der Waals surface area contributed by atoms with Crippen molar-refractivity contribution in [3.05, 3.63) is 104 Å². The van der Waals surface area contributed by atoms with E-state index in [9.17, 15) is 14.4 Å². The minimum atomic E-state index is -0.505. The van der Waals surface area contributed by atoms with Gasteiger partial charge in [-0.2, -0.15) is 0 Å². The number of benzene rings is 2. The number of nitrogens with one attached hydrogen (secondary N) is 1. The lowest BCUT2D eigenvalue weighted by molar-refractivity contribution is -0.121. The van der Waals surface area contributed by atoms with Crippen molar-refractivity contribution in [3.63, 3.8) is 0 Å². The number of carbonyl (C=O) groups is 1. The first-order chi connectivity index (χ1) is 14.4. The number of aromatic nitrogens is 2. The monoisotopic (exact) mass is 406 g/mol. The Kier molecular flexibility index (Phi) is 6.98. The number of rotatable bonds is 8. The number of hydrogen-bond acceptors (Lipinski definition) is 4. The van der Waals surface area contributed by atoms with Gasteiger partial charge in [-0.15, -0.1) is 0 Å². The van der Waals surface area contributed by atoms with Gasteiger partial charge in [-0.1, -0.05) is 54.6 Å². The Bertz CT molecular complexity index is 1100. The van der Waals surface area contributed by atoms with Gasteiger partial charge in [0.05, 0.1) is 6.54 Å². The maximum atomic E-state index is 12.7. The first kappa shape index (κ1) is 21.3. The van der Waals surface area contributed by atoms with E-state index in [-0.39, 0.29) is 12.5 Å². The standard InChI is InChI=1S/C23H26N4O3/c1-25(2)15-20-10-8-18(9-11-20)14-24-21(28)17-27-22(29)12-13-26(23(27)30)16-19-6-4-3-5-7-19/h3-13H,14-17H2,1-2H3,(H,24,28). The highest BCUT2D eigenvalue weighted by Gasteiger charge is 2.10. The molecule has 7 nitrogen and oxygen atoms in total. The molecule has 1 amide bonds. The molecular weight excluding hydrogens is 380 g/mol. The highest BCUT2D eigenvalue weighted by molar-refractivity contribution is 5.75. The van der Waals surface area contributed by atoms with Crippen LogP contribution in [0, 0.1) is 0 Å². The second kappa shape index (κ2) is 9.84. The second-order valence-electron chi connectivity index (χ2n) is 7.47. The summed E-state index contributed by atoms with van der Waals surface area (Å²) in [5, 5.41) is 2.77. The molecule has 3 aromatic rings. The summed E-state index contributed by atoms with van der Waals surface area (Å²) in [6.07, 6.45) is 1.46. The van der Waals surface area contributed by atoms with E-state index >= 15 is 0 Å². The fraction of sp³-hybridized carbons (Fsp3) is 0.261. The average Bonchev–Trinajstić information content (AvgIpc) is 2.73. The number of nitrogens with zero attached hydrogens (tertiary/aromatic N) is 3. The molecule has 0 atom stereocenters. The van der Waals surface area contributed by atoms with Gasteiger partial charge in [-0.05, 0) is 30.8 Å². The highest BCUT2D eigenvalue weighted by atomic mass is 16.2. The van der Waals surface area contributed by atoms with Gasteiger partial charge in [0.15, 0.2) is 0 Å². The zero-order valence-corrected chi connectivity index (χ0v) is 17.2. The molecule has 1 aromatic heterocycles. The third-order valence-electron chi connectivity index (χ3n) is 4.65. The van der Waals surface area contributed by atoms with E-state index in [1.807, 2.05) is 68.7 Å². The SMILES string of the molecule is CN(C)Cc1ccc(CNC(=O)Cn2c(=O)ccn(Cc3ccccc3)c2=O)cc1. The Morgan fingerprint density at radius 1 is 0.900 bits per heavy atom. The summed E-state index contributed by atoms with van der Waals surface area (Å²) in [7, 11) is 4.01. The minimum absolute atomic E-state index is 0.313. The Morgan fingerprint density at radius 3 is 2.23 bits per heavy atom. The van der Waals surface area contributed by atoms with Crippen molar-refractivity contribution >= 4 is 5.91 Å². The van der Waals surface area contributed by atoms with Crippen LogP contribution in [0.1, 0.15) is 16.7 Å². The molecule has 0 aliphatic rings. The fourth-order valence-corrected chi connectivity index (χ4v) is 3.13. The summed E-state index contributed by atoms with van der Waals surface area (Å²) in [5.41, 5.74) is 2.08. The Morgan fingerprint density at radius 2 is 1.57 bits per heavy atom. The van der Waals surface area contributed by atoms with Crippen LogP contribution in [0.5, 0.6) is 0 Å². The molecule has 1 N–H and O–H groups in total. The third kappa shape index (κ3) is 5.78. The molecule has 0 aliphatic heterocycles. The van der Waals surface area contributed by atoms with Gasteiger partial charge >= 0.3 is 5.69 Å². The molecule has 0 radical (unpaired) electrons. The Balaban J connectivity index is 1.64. The highest BCUT2D eigenvalue weighted by Crippen LogP contribution is 2.06. The van der Waals surface area contributed by atoms with Gasteiger partial charge in [-0.3, -0.25) is 18.7 Å². The lowest BCUT2D eigenvalue weighted by Crippen LogP contribution is -2.43. The molecule has 2 aromatic carbocycles. The van der Waals surface area contributed by atoms with Crippen molar-refractivity contribution in [1.82, 2.24) is 19.4 Å². The fourth-order valence-electron chi connectivity index (χ4n) is 3.13. The molecule has 156 valence electrons. The molecule has 0 unspecified atom stereocenters. The third-order valence-corrected chi connectivity index (χ3v) is 4.65. The van der Waals surface area contributed by atoms with Crippen molar-refractivity contribution in [2.45, 2.75) is 26.2 Å². The first-order valence-electron chi connectivity index (χ1n) is 9.76. The molecule has 0 saturated carbocycles. The normalized spacial score (nSPS) is 10.9. The van der Waals surface area contributed by atoms with Crippen molar-refractivity contribution in [2.75, 3.05) is 14.1 Å². The quantitative estimate of drug-likeness (QED) is 0.614. The van der Waals surface area contributed by atoms with Crippen LogP contribution in [0.3, 0.4) is 0 Å². The molecule has 7 heteroatoms. The topological polar surface area (TPSA) is 76.3 Å². The van der Waals surface area contributed by atoms with E-state index in [2.05, 4.69) is 10.2 Å². The van der Waals surface area contributed by atoms with E-state index in [4.69, 9.17) is 0 Å². The summed E-state index contributed by atoms with van der Waals surface area (Å²) < 4.78 is 2.38. The van der Waals surface area contributed by atoms with Crippen molar-refractivity contribution < 1.29 is 4.79 Å². The van der Waals surface area contributed by atoms with Crippen LogP contribution in [-0.2, 0) is 31.0 Å². The van der Waals surface area contributed by atoms with Crippen LogP contribution >= 0.6 is 0 Å². The molecular formula is C23H26N4O3. The van der Waals surface area contributed by atoms with Gasteiger partial charge in [0.1, 0.15) is 6.54 Å². The van der Waals surface area contributed by atoms with Gasteiger partial charge in [0, 0.05) is 25.4 Å². The molecule has 1 heterocycles. The molecule has 0 fully saturated rings. The zero-order chi connectivity index (χ0) is 21.5. The summed E-state index contributed by atoms with van der Waals surface area (Å²) in [6.45, 7) is 1.20. The molecule has 30 heavy (non-hydrogen) atoms. The van der Waals surface area contributed by atoms with E-state index in [0.717, 1.165) is 22.2 Å². The number of hydrogen-bond donors (Lipinski definition) is 1. The summed E-state index contributed by atoms with van der Waals surface area (Å²) in [4.78, 5) is 39.2.